The van der Waals surface area contributed by atoms with E-state index in [-0.39, 0.29) is 23.5 Å². The molecule has 2 aromatic rings. The van der Waals surface area contributed by atoms with Crippen molar-refractivity contribution in [3.05, 3.63) is 48.3 Å². The summed E-state index contributed by atoms with van der Waals surface area (Å²) in [6.07, 6.45) is 4.18. The summed E-state index contributed by atoms with van der Waals surface area (Å²) in [6, 6.07) is 9.41. The second-order valence-electron chi connectivity index (χ2n) is 5.96. The van der Waals surface area contributed by atoms with Crippen LogP contribution >= 0.6 is 0 Å². The number of urea groups is 1. The van der Waals surface area contributed by atoms with Crippen molar-refractivity contribution in [1.29, 1.82) is 0 Å². The number of amides is 2. The monoisotopic (exact) mass is 348 g/mol. The number of nitrogens with zero attached hydrogens (tertiary/aromatic N) is 2. The van der Waals surface area contributed by atoms with Crippen LogP contribution in [0.5, 0.6) is 0 Å². The molecule has 8 heteroatoms. The van der Waals surface area contributed by atoms with Gasteiger partial charge >= 0.3 is 6.03 Å². The van der Waals surface area contributed by atoms with Crippen LogP contribution in [-0.4, -0.2) is 42.3 Å². The van der Waals surface area contributed by atoms with E-state index in [4.69, 9.17) is 0 Å². The third kappa shape index (κ3) is 4.35. The molecular weight excluding hydrogens is 328 g/mol. The Morgan fingerprint density at radius 2 is 2.04 bits per heavy atom. The van der Waals surface area contributed by atoms with Gasteiger partial charge in [0.2, 0.25) is 0 Å². The fourth-order valence-corrected chi connectivity index (χ4v) is 4.55. The zero-order chi connectivity index (χ0) is 17.0. The topological polar surface area (TPSA) is 93.1 Å². The Hall–Kier alpha value is -2.35. The average Bonchev–Trinajstić information content (AvgIpc) is 3.18. The predicted molar refractivity (Wildman–Crippen MR) is 90.6 cm³/mol. The molecule has 7 nitrogen and oxygen atoms in total. The molecule has 3 rings (SSSR count). The van der Waals surface area contributed by atoms with Gasteiger partial charge in [-0.25, -0.2) is 17.9 Å². The smallest absolute Gasteiger partial charge is 0.315 e. The summed E-state index contributed by atoms with van der Waals surface area (Å²) in [5.74, 6) is 0.401. The van der Waals surface area contributed by atoms with Crippen molar-refractivity contribution in [3.8, 4) is 5.69 Å². The van der Waals surface area contributed by atoms with Crippen LogP contribution in [0.15, 0.2) is 42.7 Å². The number of rotatable bonds is 5. The molecule has 128 valence electrons. The van der Waals surface area contributed by atoms with E-state index in [1.54, 1.807) is 10.9 Å². The van der Waals surface area contributed by atoms with Crippen LogP contribution in [0.2, 0.25) is 0 Å². The molecule has 1 aliphatic rings. The van der Waals surface area contributed by atoms with Crippen molar-refractivity contribution < 1.29 is 13.2 Å². The van der Waals surface area contributed by atoms with Crippen molar-refractivity contribution in [2.75, 3.05) is 18.1 Å². The normalized spacial score (nSPS) is 19.1. The fourth-order valence-electron chi connectivity index (χ4n) is 2.69. The molecule has 1 saturated heterocycles. The van der Waals surface area contributed by atoms with E-state index in [1.165, 1.54) is 0 Å². The SMILES string of the molecule is O=C(NCc1cnn(-c2ccccc2)c1)NC[C@@H]1CCS(=O)(=O)C1. The zero-order valence-corrected chi connectivity index (χ0v) is 14.0. The Morgan fingerprint density at radius 1 is 1.25 bits per heavy atom. The molecule has 0 bridgehead atoms. The number of para-hydroxylation sites is 1. The molecule has 0 radical (unpaired) electrons. The molecule has 2 amide bonds. The van der Waals surface area contributed by atoms with Gasteiger partial charge in [0, 0.05) is 24.8 Å². The van der Waals surface area contributed by atoms with Crippen molar-refractivity contribution in [2.45, 2.75) is 13.0 Å². The predicted octanol–water partition coefficient (Wildman–Crippen LogP) is 1.11. The second-order valence-corrected chi connectivity index (χ2v) is 8.19. The molecule has 0 unspecified atom stereocenters. The lowest BCUT2D eigenvalue weighted by atomic mass is 10.1. The van der Waals surface area contributed by atoms with E-state index in [0.717, 1.165) is 11.3 Å². The van der Waals surface area contributed by atoms with Crippen molar-refractivity contribution >= 4 is 15.9 Å². The molecule has 0 spiro atoms. The highest BCUT2D eigenvalue weighted by Crippen LogP contribution is 2.17. The molecule has 2 heterocycles. The highest BCUT2D eigenvalue weighted by Gasteiger charge is 2.27. The van der Waals surface area contributed by atoms with Crippen LogP contribution in [0, 0.1) is 5.92 Å². The Balaban J connectivity index is 1.44. The minimum Gasteiger partial charge on any atom is -0.338 e. The Morgan fingerprint density at radius 3 is 2.75 bits per heavy atom. The summed E-state index contributed by atoms with van der Waals surface area (Å²) >= 11 is 0. The maximum Gasteiger partial charge on any atom is 0.315 e. The van der Waals surface area contributed by atoms with Gasteiger partial charge in [0.25, 0.3) is 0 Å². The second kappa shape index (κ2) is 7.04. The van der Waals surface area contributed by atoms with Crippen LogP contribution < -0.4 is 10.6 Å². The number of sulfone groups is 1. The maximum absolute atomic E-state index is 11.8. The van der Waals surface area contributed by atoms with Crippen LogP contribution in [0.4, 0.5) is 4.79 Å². The molecule has 0 aliphatic carbocycles. The summed E-state index contributed by atoms with van der Waals surface area (Å²) in [7, 11) is -2.90. The lowest BCUT2D eigenvalue weighted by Crippen LogP contribution is -2.38. The van der Waals surface area contributed by atoms with Gasteiger partial charge in [-0.1, -0.05) is 18.2 Å². The number of nitrogens with one attached hydrogen (secondary N) is 2. The van der Waals surface area contributed by atoms with E-state index < -0.39 is 9.84 Å². The van der Waals surface area contributed by atoms with Gasteiger partial charge in [-0.2, -0.15) is 5.10 Å². The summed E-state index contributed by atoms with van der Waals surface area (Å²) in [5.41, 5.74) is 1.84. The Labute approximate surface area is 141 Å². The van der Waals surface area contributed by atoms with E-state index in [2.05, 4.69) is 15.7 Å². The summed E-state index contributed by atoms with van der Waals surface area (Å²) in [5, 5.41) is 9.75. The molecule has 2 N–H and O–H groups in total. The van der Waals surface area contributed by atoms with E-state index in [9.17, 15) is 13.2 Å². The van der Waals surface area contributed by atoms with Crippen molar-refractivity contribution in [1.82, 2.24) is 20.4 Å². The number of hydrogen-bond donors (Lipinski definition) is 2. The standard InChI is InChI=1S/C16H20N4O3S/c21-16(17-8-13-6-7-24(22,23)12-13)18-9-14-10-19-20(11-14)15-4-2-1-3-5-15/h1-5,10-11,13H,6-9,12H2,(H2,17,18,21)/t13-/m0/s1. The Bertz CT molecular complexity index is 802. The maximum atomic E-state index is 11.8. The summed E-state index contributed by atoms with van der Waals surface area (Å²) in [6.45, 7) is 0.746. The first-order chi connectivity index (χ1) is 11.5. The fraction of sp³-hybridized carbons (Fsp3) is 0.375. The van der Waals surface area contributed by atoms with Gasteiger partial charge in [-0.15, -0.1) is 0 Å². The summed E-state index contributed by atoms with van der Waals surface area (Å²) in [4.78, 5) is 11.8. The van der Waals surface area contributed by atoms with E-state index in [0.29, 0.717) is 19.5 Å². The van der Waals surface area contributed by atoms with Gasteiger partial charge in [0.05, 0.1) is 23.4 Å². The first kappa shape index (κ1) is 16.5. The van der Waals surface area contributed by atoms with Gasteiger partial charge in [0.1, 0.15) is 0 Å². The number of carbonyl (C=O) groups is 1. The van der Waals surface area contributed by atoms with Gasteiger partial charge in [-0.3, -0.25) is 0 Å². The number of benzene rings is 1. The average molecular weight is 348 g/mol. The minimum absolute atomic E-state index is 0.0154. The lowest BCUT2D eigenvalue weighted by Gasteiger charge is -2.10. The Kier molecular flexibility index (Phi) is 4.84. The van der Waals surface area contributed by atoms with Crippen LogP contribution in [0.25, 0.3) is 5.69 Å². The molecule has 1 aliphatic heterocycles. The molecule has 1 atom stereocenters. The third-order valence-corrected chi connectivity index (χ3v) is 5.82. The molecule has 1 aromatic heterocycles. The van der Waals surface area contributed by atoms with E-state index >= 15 is 0 Å². The van der Waals surface area contributed by atoms with Crippen LogP contribution in [0.1, 0.15) is 12.0 Å². The first-order valence-corrected chi connectivity index (χ1v) is 9.65. The van der Waals surface area contributed by atoms with Crippen LogP contribution in [-0.2, 0) is 16.4 Å². The quantitative estimate of drug-likeness (QED) is 0.846. The number of aromatic nitrogens is 2. The molecular formula is C16H20N4O3S. The van der Waals surface area contributed by atoms with Gasteiger partial charge in [0.15, 0.2) is 9.84 Å². The molecule has 1 fully saturated rings. The highest BCUT2D eigenvalue weighted by molar-refractivity contribution is 7.91. The van der Waals surface area contributed by atoms with E-state index in [1.807, 2.05) is 36.5 Å². The summed E-state index contributed by atoms with van der Waals surface area (Å²) < 4.78 is 24.5. The molecule has 24 heavy (non-hydrogen) atoms. The third-order valence-electron chi connectivity index (χ3n) is 3.99. The van der Waals surface area contributed by atoms with Gasteiger partial charge in [-0.05, 0) is 24.5 Å². The highest BCUT2D eigenvalue weighted by atomic mass is 32.2. The zero-order valence-electron chi connectivity index (χ0n) is 13.2. The minimum atomic E-state index is -2.90. The lowest BCUT2D eigenvalue weighted by molar-refractivity contribution is 0.239. The van der Waals surface area contributed by atoms with Gasteiger partial charge < -0.3 is 10.6 Å². The molecule has 1 aromatic carbocycles. The number of hydrogen-bond acceptors (Lipinski definition) is 4. The molecule has 0 saturated carbocycles. The van der Waals surface area contributed by atoms with Crippen molar-refractivity contribution in [3.63, 3.8) is 0 Å². The van der Waals surface area contributed by atoms with Crippen molar-refractivity contribution in [2.24, 2.45) is 5.92 Å². The first-order valence-electron chi connectivity index (χ1n) is 7.83. The number of carbonyl (C=O) groups excluding carboxylic acids is 1. The largest absolute Gasteiger partial charge is 0.338 e. The van der Waals surface area contributed by atoms with Crippen LogP contribution in [0.3, 0.4) is 0 Å².